The van der Waals surface area contributed by atoms with Gasteiger partial charge in [-0.1, -0.05) is 151 Å². The standard InChI is InChI=1S/C58H87BN3O7P/c1-9-10-11-12-13-14-15-16-17-18-19-22-28-33-55(63)61-42-29-23-20-21-27-32-53-56(69-70(67-44-43-60-6)62(46(2)3)47(4)5)54(68-57(53)59)45-66-58(48-30-25-24-26-31-48,49-34-38-51(64-7)39-35-49)50-36-40-52(65-8)41-37-50/h21,24-27,30-31,34-41,46-47,53-54,56-57H,9-20,22-23,28-29,32-33,42-45H2,1-5,7-8H3,(H,61,63)/b27-21+/t53-,54+,56?,57+,70?/m0/s1. The van der Waals surface area contributed by atoms with E-state index in [4.69, 9.17) is 42.4 Å². The lowest BCUT2D eigenvalue weighted by Crippen LogP contribution is -2.41. The summed E-state index contributed by atoms with van der Waals surface area (Å²) in [5.41, 5.74) is 1.69. The predicted molar refractivity (Wildman–Crippen MR) is 288 cm³/mol. The molecule has 384 valence electrons. The van der Waals surface area contributed by atoms with Crippen molar-refractivity contribution in [3.63, 3.8) is 0 Å². The Morgan fingerprint density at radius 3 is 1.84 bits per heavy atom. The van der Waals surface area contributed by atoms with Gasteiger partial charge in [0, 0.05) is 37.0 Å². The number of hydrogen-bond acceptors (Lipinski definition) is 8. The average molecular weight is 980 g/mol. The van der Waals surface area contributed by atoms with Crippen LogP contribution in [0.25, 0.3) is 4.85 Å². The van der Waals surface area contributed by atoms with E-state index < -0.39 is 32.3 Å². The highest BCUT2D eigenvalue weighted by Gasteiger charge is 2.47. The number of ether oxygens (including phenoxy) is 4. The third-order valence-electron chi connectivity index (χ3n) is 13.2. The van der Waals surface area contributed by atoms with Crippen molar-refractivity contribution in [2.24, 2.45) is 5.92 Å². The van der Waals surface area contributed by atoms with Crippen LogP contribution in [0.5, 0.6) is 11.5 Å². The van der Waals surface area contributed by atoms with Gasteiger partial charge in [0.2, 0.25) is 12.5 Å². The monoisotopic (exact) mass is 980 g/mol. The molecule has 70 heavy (non-hydrogen) atoms. The number of unbranched alkanes of at least 4 members (excludes halogenated alkanes) is 14. The first-order valence-corrected chi connectivity index (χ1v) is 27.7. The molecule has 1 N–H and O–H groups in total. The van der Waals surface area contributed by atoms with Crippen LogP contribution in [-0.2, 0) is 28.9 Å². The Morgan fingerprint density at radius 2 is 1.31 bits per heavy atom. The molecule has 1 saturated heterocycles. The summed E-state index contributed by atoms with van der Waals surface area (Å²) in [4.78, 5) is 16.1. The molecule has 12 heteroatoms. The number of amides is 1. The van der Waals surface area contributed by atoms with Crippen molar-refractivity contribution in [2.45, 2.75) is 186 Å². The van der Waals surface area contributed by atoms with E-state index in [1.54, 1.807) is 14.2 Å². The zero-order valence-corrected chi connectivity index (χ0v) is 44.9. The van der Waals surface area contributed by atoms with Crippen LogP contribution in [0, 0.1) is 12.5 Å². The first kappa shape index (κ1) is 58.8. The molecule has 5 atom stereocenters. The molecule has 3 aromatic rings. The molecule has 2 radical (unpaired) electrons. The fraction of sp³-hybridized carbons (Fsp3) is 0.621. The SMILES string of the molecule is [B][C@@H]1O[C@H](COC(c2ccccc2)(c2ccc(OC)cc2)c2ccc(OC)cc2)C(OP(OCC[N+]#[C-])N(C(C)C)C(C)C)[C@@H]1C/C=C/CCCCNC(=O)CCCCCCCCCCCCCCC. The van der Waals surface area contributed by atoms with Crippen molar-refractivity contribution < 1.29 is 32.8 Å². The van der Waals surface area contributed by atoms with Gasteiger partial charge in [0.05, 0.1) is 26.9 Å². The lowest BCUT2D eigenvalue weighted by Gasteiger charge is -2.39. The maximum atomic E-state index is 12.5. The number of methoxy groups -OCH3 is 2. The van der Waals surface area contributed by atoms with Crippen LogP contribution >= 0.6 is 8.53 Å². The Morgan fingerprint density at radius 1 is 0.771 bits per heavy atom. The van der Waals surface area contributed by atoms with E-state index in [0.717, 1.165) is 60.3 Å². The zero-order chi connectivity index (χ0) is 50.4. The summed E-state index contributed by atoms with van der Waals surface area (Å²) >= 11 is 0. The number of carbonyl (C=O) groups excluding carboxylic acids is 1. The highest BCUT2D eigenvalue weighted by molar-refractivity contribution is 7.44. The van der Waals surface area contributed by atoms with E-state index in [1.165, 1.54) is 70.6 Å². The Balaban J connectivity index is 1.42. The number of nitrogens with one attached hydrogen (secondary N) is 1. The van der Waals surface area contributed by atoms with Gasteiger partial charge in [0.25, 0.3) is 8.53 Å². The summed E-state index contributed by atoms with van der Waals surface area (Å²) in [6.07, 6.45) is 24.3. The Hall–Kier alpha value is -3.75. The molecule has 3 aromatic carbocycles. The lowest BCUT2D eigenvalue weighted by atomic mass is 9.79. The van der Waals surface area contributed by atoms with E-state index in [2.05, 4.69) is 73.7 Å². The van der Waals surface area contributed by atoms with Crippen LogP contribution in [0.4, 0.5) is 0 Å². The first-order valence-electron chi connectivity index (χ1n) is 26.6. The smallest absolute Gasteiger partial charge is 0.259 e. The third kappa shape index (κ3) is 19.4. The molecule has 1 heterocycles. The summed E-state index contributed by atoms with van der Waals surface area (Å²) in [5, 5.41) is 3.14. The summed E-state index contributed by atoms with van der Waals surface area (Å²) < 4.78 is 41.1. The van der Waals surface area contributed by atoms with Crippen LogP contribution in [0.2, 0.25) is 0 Å². The predicted octanol–water partition coefficient (Wildman–Crippen LogP) is 13.9. The van der Waals surface area contributed by atoms with E-state index in [0.29, 0.717) is 19.4 Å². The average Bonchev–Trinajstić information content (AvgIpc) is 3.66. The molecule has 1 aliphatic rings. The molecule has 0 spiro atoms. The fourth-order valence-electron chi connectivity index (χ4n) is 9.44. The highest BCUT2D eigenvalue weighted by atomic mass is 31.2. The van der Waals surface area contributed by atoms with Gasteiger partial charge in [-0.2, -0.15) is 0 Å². The third-order valence-corrected chi connectivity index (χ3v) is 15.4. The number of nitrogens with zero attached hydrogens (tertiary/aromatic N) is 2. The van der Waals surface area contributed by atoms with E-state index in [1.807, 2.05) is 66.7 Å². The van der Waals surface area contributed by atoms with Gasteiger partial charge in [-0.3, -0.25) is 4.79 Å². The first-order chi connectivity index (χ1) is 34.1. The van der Waals surface area contributed by atoms with Crippen LogP contribution in [0.1, 0.15) is 167 Å². The maximum Gasteiger partial charge on any atom is 0.259 e. The van der Waals surface area contributed by atoms with Crippen LogP contribution in [-0.4, -0.2) is 89.2 Å². The molecule has 0 aromatic heterocycles. The minimum absolute atomic E-state index is 0.114. The van der Waals surface area contributed by atoms with Gasteiger partial charge >= 0.3 is 0 Å². The molecule has 0 saturated carbocycles. The topological polar surface area (TPSA) is 92.1 Å². The normalized spacial score (nSPS) is 17.7. The van der Waals surface area contributed by atoms with Crippen molar-refractivity contribution in [1.82, 2.24) is 9.99 Å². The molecule has 1 aliphatic heterocycles. The number of rotatable bonds is 37. The van der Waals surface area contributed by atoms with Gasteiger partial charge in [0.1, 0.15) is 37.7 Å². The molecular formula is C58H87BN3O7P. The maximum absolute atomic E-state index is 12.5. The summed E-state index contributed by atoms with van der Waals surface area (Å²) in [7, 11) is 8.66. The van der Waals surface area contributed by atoms with Crippen LogP contribution in [0.15, 0.2) is 91.0 Å². The molecule has 4 rings (SSSR count). The molecule has 0 bridgehead atoms. The summed E-state index contributed by atoms with van der Waals surface area (Å²) in [5.74, 6) is 1.43. The van der Waals surface area contributed by atoms with Gasteiger partial charge in [-0.05, 0) is 101 Å². The second-order valence-electron chi connectivity index (χ2n) is 19.3. The van der Waals surface area contributed by atoms with Crippen molar-refractivity contribution >= 4 is 22.3 Å². The Kier molecular flexibility index (Phi) is 28.4. The minimum atomic E-state index is -1.61. The number of carbonyl (C=O) groups is 1. The Bertz CT molecular complexity index is 1860. The van der Waals surface area contributed by atoms with Gasteiger partial charge in [-0.25, -0.2) is 11.2 Å². The lowest BCUT2D eigenvalue weighted by molar-refractivity contribution is -0.121. The second-order valence-corrected chi connectivity index (χ2v) is 20.7. The van der Waals surface area contributed by atoms with E-state index >= 15 is 0 Å². The van der Waals surface area contributed by atoms with Crippen molar-refractivity contribution in [2.75, 3.05) is 40.5 Å². The Labute approximate surface area is 426 Å². The van der Waals surface area contributed by atoms with E-state index in [9.17, 15) is 4.79 Å². The molecular weight excluding hydrogens is 892 g/mol. The van der Waals surface area contributed by atoms with Crippen molar-refractivity contribution in [3.8, 4) is 11.5 Å². The number of allylic oxidation sites excluding steroid dienone is 2. The minimum Gasteiger partial charge on any atom is -0.497 e. The largest absolute Gasteiger partial charge is 0.497 e. The van der Waals surface area contributed by atoms with Gasteiger partial charge in [-0.15, -0.1) is 0 Å². The van der Waals surface area contributed by atoms with Gasteiger partial charge < -0.3 is 38.2 Å². The summed E-state index contributed by atoms with van der Waals surface area (Å²) in [6.45, 7) is 19.6. The highest BCUT2D eigenvalue weighted by Crippen LogP contribution is 2.51. The molecule has 10 nitrogen and oxygen atoms in total. The number of benzene rings is 3. The molecule has 1 fully saturated rings. The molecule has 1 amide bonds. The zero-order valence-electron chi connectivity index (χ0n) is 44.0. The fourth-order valence-corrected chi connectivity index (χ4v) is 11.2. The summed E-state index contributed by atoms with van der Waals surface area (Å²) in [6, 6.07) is 25.8. The molecule has 2 unspecified atom stereocenters. The quantitative estimate of drug-likeness (QED) is 0.0153. The van der Waals surface area contributed by atoms with Crippen LogP contribution in [0.3, 0.4) is 0 Å². The van der Waals surface area contributed by atoms with Crippen molar-refractivity contribution in [3.05, 3.63) is 119 Å². The number of hydrogen-bond donors (Lipinski definition) is 1. The van der Waals surface area contributed by atoms with Crippen molar-refractivity contribution in [1.29, 1.82) is 0 Å². The second kappa shape index (κ2) is 33.8. The van der Waals surface area contributed by atoms with E-state index in [-0.39, 0.29) is 43.7 Å². The van der Waals surface area contributed by atoms with Crippen LogP contribution < -0.4 is 14.8 Å². The molecule has 0 aliphatic carbocycles. The van der Waals surface area contributed by atoms with Gasteiger partial charge in [0.15, 0.2) is 0 Å².